The number of benzene rings is 2. The first kappa shape index (κ1) is 18.3. The van der Waals surface area contributed by atoms with Gasteiger partial charge < -0.3 is 15.4 Å². The Kier molecular flexibility index (Phi) is 5.63. The van der Waals surface area contributed by atoms with Crippen LogP contribution in [0.1, 0.15) is 22.8 Å². The number of carbonyl (C=O) groups excluding carboxylic acids is 2. The van der Waals surface area contributed by atoms with E-state index in [1.807, 2.05) is 0 Å². The summed E-state index contributed by atoms with van der Waals surface area (Å²) in [6.45, 7) is 1.78. The van der Waals surface area contributed by atoms with Crippen LogP contribution in [-0.4, -0.2) is 18.6 Å². The van der Waals surface area contributed by atoms with E-state index in [-0.39, 0.29) is 23.5 Å². The molecule has 25 heavy (non-hydrogen) atoms. The number of hydrogen-bond donors (Lipinski definition) is 2. The molecule has 0 aliphatic heterocycles. The third-order valence-corrected chi connectivity index (χ3v) is 3.15. The van der Waals surface area contributed by atoms with Crippen LogP contribution in [0.25, 0.3) is 0 Å². The smallest absolute Gasteiger partial charge is 0.418 e. The molecular weight excluding hydrogens is 337 g/mol. The standard InChI is InChI=1S/C17H15F3N2O3/c1-2-25-15(23)11-7-3-5-9-13(11)21-16(24)22-14-10-6-4-8-12(14)17(18,19)20/h3-10H,2H2,1H3,(H2,21,22,24). The van der Waals surface area contributed by atoms with Gasteiger partial charge in [-0.15, -0.1) is 0 Å². The van der Waals surface area contributed by atoms with Crippen LogP contribution in [0, 0.1) is 0 Å². The first-order valence-corrected chi connectivity index (χ1v) is 7.33. The van der Waals surface area contributed by atoms with E-state index < -0.39 is 23.7 Å². The minimum Gasteiger partial charge on any atom is -0.462 e. The fraction of sp³-hybridized carbons (Fsp3) is 0.176. The van der Waals surface area contributed by atoms with Gasteiger partial charge >= 0.3 is 18.2 Å². The fourth-order valence-electron chi connectivity index (χ4n) is 2.09. The van der Waals surface area contributed by atoms with Crippen LogP contribution in [0.15, 0.2) is 48.5 Å². The van der Waals surface area contributed by atoms with E-state index in [0.717, 1.165) is 12.1 Å². The van der Waals surface area contributed by atoms with Crippen molar-refractivity contribution < 1.29 is 27.5 Å². The summed E-state index contributed by atoms with van der Waals surface area (Å²) >= 11 is 0. The van der Waals surface area contributed by atoms with Crippen molar-refractivity contribution in [2.75, 3.05) is 17.2 Å². The molecule has 0 aromatic heterocycles. The molecular formula is C17H15F3N2O3. The van der Waals surface area contributed by atoms with Gasteiger partial charge in [-0.05, 0) is 31.2 Å². The topological polar surface area (TPSA) is 67.4 Å². The highest BCUT2D eigenvalue weighted by molar-refractivity contribution is 6.05. The molecule has 0 unspecified atom stereocenters. The van der Waals surface area contributed by atoms with Crippen molar-refractivity contribution in [3.05, 3.63) is 59.7 Å². The zero-order valence-electron chi connectivity index (χ0n) is 13.2. The van der Waals surface area contributed by atoms with Gasteiger partial charge in [0.15, 0.2) is 0 Å². The van der Waals surface area contributed by atoms with E-state index >= 15 is 0 Å². The number of nitrogens with one attached hydrogen (secondary N) is 2. The predicted molar refractivity (Wildman–Crippen MR) is 86.5 cm³/mol. The molecule has 2 aromatic rings. The summed E-state index contributed by atoms with van der Waals surface area (Å²) in [4.78, 5) is 23.9. The van der Waals surface area contributed by atoms with Gasteiger partial charge in [0.25, 0.3) is 0 Å². The van der Waals surface area contributed by atoms with Crippen molar-refractivity contribution in [3.63, 3.8) is 0 Å². The Labute approximate surface area is 141 Å². The Morgan fingerprint density at radius 2 is 1.52 bits per heavy atom. The summed E-state index contributed by atoms with van der Waals surface area (Å²) in [5, 5.41) is 4.50. The molecule has 0 bridgehead atoms. The van der Waals surface area contributed by atoms with Gasteiger partial charge in [0.2, 0.25) is 0 Å². The number of urea groups is 1. The molecule has 0 aliphatic rings. The van der Waals surface area contributed by atoms with E-state index in [1.54, 1.807) is 19.1 Å². The number of rotatable bonds is 4. The maximum Gasteiger partial charge on any atom is 0.418 e. The molecule has 2 N–H and O–H groups in total. The summed E-state index contributed by atoms with van der Waals surface area (Å²) in [6.07, 6.45) is -4.60. The Balaban J connectivity index is 2.19. The maximum atomic E-state index is 12.9. The second kappa shape index (κ2) is 7.69. The van der Waals surface area contributed by atoms with E-state index in [1.165, 1.54) is 24.3 Å². The van der Waals surface area contributed by atoms with E-state index in [4.69, 9.17) is 4.74 Å². The molecule has 5 nitrogen and oxygen atoms in total. The number of ether oxygens (including phenoxy) is 1. The van der Waals surface area contributed by atoms with Crippen molar-refractivity contribution in [2.24, 2.45) is 0 Å². The zero-order valence-corrected chi connectivity index (χ0v) is 13.2. The summed E-state index contributed by atoms with van der Waals surface area (Å²) < 4.78 is 43.7. The molecule has 0 fully saturated rings. The van der Waals surface area contributed by atoms with Crippen molar-refractivity contribution in [3.8, 4) is 0 Å². The lowest BCUT2D eigenvalue weighted by Gasteiger charge is -2.15. The third kappa shape index (κ3) is 4.72. The number of halogens is 3. The summed E-state index contributed by atoms with van der Waals surface area (Å²) in [5.41, 5.74) is -1.13. The number of para-hydroxylation sites is 2. The normalized spacial score (nSPS) is 10.9. The largest absolute Gasteiger partial charge is 0.462 e. The molecule has 0 heterocycles. The first-order chi connectivity index (χ1) is 11.8. The minimum absolute atomic E-state index is 0.101. The lowest BCUT2D eigenvalue weighted by Crippen LogP contribution is -2.23. The fourth-order valence-corrected chi connectivity index (χ4v) is 2.09. The molecule has 0 radical (unpaired) electrons. The summed E-state index contributed by atoms with van der Waals surface area (Å²) in [5.74, 6) is -0.644. The third-order valence-electron chi connectivity index (χ3n) is 3.15. The average molecular weight is 352 g/mol. The molecule has 2 rings (SSSR count). The minimum atomic E-state index is -4.60. The number of alkyl halides is 3. The predicted octanol–water partition coefficient (Wildman–Crippen LogP) is 4.53. The molecule has 0 saturated carbocycles. The van der Waals surface area contributed by atoms with Crippen LogP contribution in [0.5, 0.6) is 0 Å². The van der Waals surface area contributed by atoms with Crippen LogP contribution >= 0.6 is 0 Å². The van der Waals surface area contributed by atoms with Crippen LogP contribution in [-0.2, 0) is 10.9 Å². The lowest BCUT2D eigenvalue weighted by molar-refractivity contribution is -0.136. The van der Waals surface area contributed by atoms with Gasteiger partial charge in [0.05, 0.1) is 29.1 Å². The number of esters is 1. The molecule has 0 spiro atoms. The number of amides is 2. The second-order valence-electron chi connectivity index (χ2n) is 4.89. The monoisotopic (exact) mass is 352 g/mol. The highest BCUT2D eigenvalue weighted by Gasteiger charge is 2.33. The van der Waals surface area contributed by atoms with E-state index in [2.05, 4.69) is 10.6 Å². The second-order valence-corrected chi connectivity index (χ2v) is 4.89. The zero-order chi connectivity index (χ0) is 18.4. The highest BCUT2D eigenvalue weighted by atomic mass is 19.4. The molecule has 0 saturated heterocycles. The van der Waals surface area contributed by atoms with Crippen LogP contribution < -0.4 is 10.6 Å². The van der Waals surface area contributed by atoms with Gasteiger partial charge in [-0.1, -0.05) is 24.3 Å². The van der Waals surface area contributed by atoms with Gasteiger partial charge in [-0.2, -0.15) is 13.2 Å². The molecule has 132 valence electrons. The van der Waals surface area contributed by atoms with E-state index in [0.29, 0.717) is 0 Å². The first-order valence-electron chi connectivity index (χ1n) is 7.33. The Morgan fingerprint density at radius 3 is 2.16 bits per heavy atom. The number of hydrogen-bond acceptors (Lipinski definition) is 3. The van der Waals surface area contributed by atoms with Crippen molar-refractivity contribution in [2.45, 2.75) is 13.1 Å². The quantitative estimate of drug-likeness (QED) is 0.795. The molecule has 2 aromatic carbocycles. The Hall–Kier alpha value is -3.03. The molecule has 2 amide bonds. The van der Waals surface area contributed by atoms with Crippen LogP contribution in [0.2, 0.25) is 0 Å². The Morgan fingerprint density at radius 1 is 0.960 bits per heavy atom. The van der Waals surface area contributed by atoms with E-state index in [9.17, 15) is 22.8 Å². The maximum absolute atomic E-state index is 12.9. The number of anilines is 2. The SMILES string of the molecule is CCOC(=O)c1ccccc1NC(=O)Nc1ccccc1C(F)(F)F. The Bertz CT molecular complexity index is 776. The van der Waals surface area contributed by atoms with Crippen molar-refractivity contribution in [1.82, 2.24) is 0 Å². The van der Waals surface area contributed by atoms with Crippen LogP contribution in [0.3, 0.4) is 0 Å². The highest BCUT2D eigenvalue weighted by Crippen LogP contribution is 2.34. The summed E-state index contributed by atoms with van der Waals surface area (Å²) in [6, 6.07) is 9.73. The van der Waals surface area contributed by atoms with Gasteiger partial charge in [0, 0.05) is 0 Å². The molecule has 0 aliphatic carbocycles. The number of carbonyl (C=O) groups is 2. The molecule has 0 atom stereocenters. The van der Waals surface area contributed by atoms with Gasteiger partial charge in [-0.25, -0.2) is 9.59 Å². The molecule has 8 heteroatoms. The van der Waals surface area contributed by atoms with Gasteiger partial charge in [-0.3, -0.25) is 0 Å². The average Bonchev–Trinajstić information content (AvgIpc) is 2.55. The van der Waals surface area contributed by atoms with Crippen molar-refractivity contribution in [1.29, 1.82) is 0 Å². The van der Waals surface area contributed by atoms with Crippen LogP contribution in [0.4, 0.5) is 29.3 Å². The van der Waals surface area contributed by atoms with Gasteiger partial charge in [0.1, 0.15) is 0 Å². The lowest BCUT2D eigenvalue weighted by atomic mass is 10.1. The summed E-state index contributed by atoms with van der Waals surface area (Å²) in [7, 11) is 0. The van der Waals surface area contributed by atoms with Crippen molar-refractivity contribution >= 4 is 23.4 Å².